The van der Waals surface area contributed by atoms with Gasteiger partial charge < -0.3 is 19.2 Å². The first kappa shape index (κ1) is 16.1. The van der Waals surface area contributed by atoms with Crippen molar-refractivity contribution in [3.8, 4) is 22.1 Å². The number of thiophene rings is 1. The van der Waals surface area contributed by atoms with Crippen molar-refractivity contribution in [3.05, 3.63) is 47.3 Å². The number of methoxy groups -OCH3 is 2. The normalized spacial score (nSPS) is 10.5. The molecular formula is C17H16N2O4S. The highest BCUT2D eigenvalue weighted by Crippen LogP contribution is 2.32. The minimum absolute atomic E-state index is 0.224. The van der Waals surface area contributed by atoms with Crippen LogP contribution in [0.1, 0.15) is 15.4 Å². The molecule has 2 heterocycles. The van der Waals surface area contributed by atoms with Crippen molar-refractivity contribution in [2.24, 2.45) is 0 Å². The Morgan fingerprint density at radius 1 is 1.21 bits per heavy atom. The van der Waals surface area contributed by atoms with Crippen LogP contribution in [-0.2, 0) is 0 Å². The molecular weight excluding hydrogens is 328 g/mol. The molecule has 3 aromatic rings. The van der Waals surface area contributed by atoms with Crippen LogP contribution in [0.15, 0.2) is 41.1 Å². The average molecular weight is 344 g/mol. The summed E-state index contributed by atoms with van der Waals surface area (Å²) in [7, 11) is 3.09. The van der Waals surface area contributed by atoms with Crippen molar-refractivity contribution in [2.45, 2.75) is 6.92 Å². The molecule has 0 fully saturated rings. The van der Waals surface area contributed by atoms with Crippen LogP contribution >= 0.6 is 11.3 Å². The van der Waals surface area contributed by atoms with Gasteiger partial charge in [-0.1, -0.05) is 0 Å². The largest absolute Gasteiger partial charge is 0.497 e. The Hall–Kier alpha value is -2.80. The first-order chi connectivity index (χ1) is 11.6. The van der Waals surface area contributed by atoms with E-state index in [1.54, 1.807) is 25.3 Å². The van der Waals surface area contributed by atoms with Crippen LogP contribution in [-0.4, -0.2) is 25.1 Å². The van der Waals surface area contributed by atoms with E-state index in [1.165, 1.54) is 24.8 Å². The molecule has 1 amide bonds. The van der Waals surface area contributed by atoms with E-state index in [-0.39, 0.29) is 11.6 Å². The summed E-state index contributed by atoms with van der Waals surface area (Å²) >= 11 is 1.54. The number of hydrogen-bond donors (Lipinski definition) is 1. The van der Waals surface area contributed by atoms with Gasteiger partial charge in [-0.05, 0) is 31.2 Å². The summed E-state index contributed by atoms with van der Waals surface area (Å²) < 4.78 is 15.9. The summed E-state index contributed by atoms with van der Waals surface area (Å²) in [5, 5.41) is 2.79. The minimum atomic E-state index is -0.378. The number of nitrogens with zero attached hydrogens (tertiary/aromatic N) is 1. The summed E-state index contributed by atoms with van der Waals surface area (Å²) in [5.74, 6) is 1.21. The molecule has 0 atom stereocenters. The van der Waals surface area contributed by atoms with Crippen molar-refractivity contribution >= 4 is 22.9 Å². The Morgan fingerprint density at radius 3 is 2.71 bits per heavy atom. The highest BCUT2D eigenvalue weighted by atomic mass is 32.1. The third kappa shape index (κ3) is 3.11. The predicted molar refractivity (Wildman–Crippen MR) is 92.1 cm³/mol. The van der Waals surface area contributed by atoms with Gasteiger partial charge in [-0.2, -0.15) is 0 Å². The number of amides is 1. The van der Waals surface area contributed by atoms with E-state index >= 15 is 0 Å². The van der Waals surface area contributed by atoms with Crippen LogP contribution in [0.3, 0.4) is 0 Å². The topological polar surface area (TPSA) is 73.6 Å². The van der Waals surface area contributed by atoms with Gasteiger partial charge in [0, 0.05) is 10.9 Å². The minimum Gasteiger partial charge on any atom is -0.497 e. The molecule has 0 saturated heterocycles. The van der Waals surface area contributed by atoms with Crippen LogP contribution in [0.4, 0.5) is 5.69 Å². The van der Waals surface area contributed by atoms with Crippen molar-refractivity contribution in [1.82, 2.24) is 4.98 Å². The van der Waals surface area contributed by atoms with E-state index in [0.717, 1.165) is 9.75 Å². The quantitative estimate of drug-likeness (QED) is 0.758. The Morgan fingerprint density at radius 2 is 2.04 bits per heavy atom. The standard InChI is InChI=1S/C17H16N2O4S/c1-10-4-7-14(24-10)16-15(18-9-23-16)17(20)19-12-8-11(21-2)5-6-13(12)22-3/h4-9H,1-3H3,(H,19,20). The van der Waals surface area contributed by atoms with E-state index in [0.29, 0.717) is 22.9 Å². The lowest BCUT2D eigenvalue weighted by Crippen LogP contribution is -2.14. The smallest absolute Gasteiger partial charge is 0.278 e. The molecule has 0 spiro atoms. The zero-order valence-electron chi connectivity index (χ0n) is 13.5. The Bertz CT molecular complexity index is 869. The lowest BCUT2D eigenvalue weighted by Gasteiger charge is -2.11. The molecule has 0 aliphatic carbocycles. The molecule has 24 heavy (non-hydrogen) atoms. The maximum atomic E-state index is 12.6. The van der Waals surface area contributed by atoms with E-state index in [9.17, 15) is 4.79 Å². The molecule has 1 aromatic carbocycles. The van der Waals surface area contributed by atoms with Gasteiger partial charge in [0.05, 0.1) is 24.8 Å². The van der Waals surface area contributed by atoms with Crippen LogP contribution in [0.2, 0.25) is 0 Å². The Balaban J connectivity index is 1.90. The zero-order chi connectivity index (χ0) is 17.1. The third-order valence-corrected chi connectivity index (χ3v) is 4.40. The summed E-state index contributed by atoms with van der Waals surface area (Å²) in [6.07, 6.45) is 1.27. The van der Waals surface area contributed by atoms with Gasteiger partial charge in [0.25, 0.3) is 5.91 Å². The molecule has 6 nitrogen and oxygen atoms in total. The number of anilines is 1. The SMILES string of the molecule is COc1ccc(OC)c(NC(=O)c2ncoc2-c2ccc(C)s2)c1. The van der Waals surface area contributed by atoms with Gasteiger partial charge in [0.1, 0.15) is 11.5 Å². The number of oxazole rings is 1. The summed E-state index contributed by atoms with van der Waals surface area (Å²) in [6, 6.07) is 9.04. The van der Waals surface area contributed by atoms with Gasteiger partial charge in [0.2, 0.25) is 0 Å². The number of carbonyl (C=O) groups is 1. The van der Waals surface area contributed by atoms with Crippen LogP contribution < -0.4 is 14.8 Å². The predicted octanol–water partition coefficient (Wildman–Crippen LogP) is 3.98. The Labute approximate surface area is 143 Å². The summed E-state index contributed by atoms with van der Waals surface area (Å²) in [6.45, 7) is 1.99. The van der Waals surface area contributed by atoms with Gasteiger partial charge in [0.15, 0.2) is 17.8 Å². The van der Waals surface area contributed by atoms with Crippen LogP contribution in [0.5, 0.6) is 11.5 Å². The lowest BCUT2D eigenvalue weighted by atomic mass is 10.2. The fourth-order valence-electron chi connectivity index (χ4n) is 2.23. The first-order valence-corrected chi connectivity index (χ1v) is 7.97. The van der Waals surface area contributed by atoms with E-state index < -0.39 is 0 Å². The maximum absolute atomic E-state index is 12.6. The molecule has 0 saturated carbocycles. The molecule has 0 radical (unpaired) electrons. The first-order valence-electron chi connectivity index (χ1n) is 7.16. The monoisotopic (exact) mass is 344 g/mol. The third-order valence-electron chi connectivity index (χ3n) is 3.40. The van der Waals surface area contributed by atoms with Crippen LogP contribution in [0.25, 0.3) is 10.6 Å². The second-order valence-electron chi connectivity index (χ2n) is 4.96. The molecule has 124 valence electrons. The molecule has 2 aromatic heterocycles. The van der Waals surface area contributed by atoms with Crippen molar-refractivity contribution in [1.29, 1.82) is 0 Å². The van der Waals surface area contributed by atoms with E-state index in [4.69, 9.17) is 13.9 Å². The number of benzene rings is 1. The molecule has 3 rings (SSSR count). The van der Waals surface area contributed by atoms with Gasteiger partial charge in [-0.15, -0.1) is 11.3 Å². The van der Waals surface area contributed by atoms with E-state index in [1.807, 2.05) is 19.1 Å². The fourth-order valence-corrected chi connectivity index (χ4v) is 3.09. The second kappa shape index (κ2) is 6.76. The van der Waals surface area contributed by atoms with Gasteiger partial charge >= 0.3 is 0 Å². The molecule has 1 N–H and O–H groups in total. The summed E-state index contributed by atoms with van der Waals surface area (Å²) in [4.78, 5) is 18.7. The van der Waals surface area contributed by atoms with Gasteiger partial charge in [-0.3, -0.25) is 4.79 Å². The molecule has 0 unspecified atom stereocenters. The lowest BCUT2D eigenvalue weighted by molar-refractivity contribution is 0.102. The zero-order valence-corrected chi connectivity index (χ0v) is 14.3. The highest BCUT2D eigenvalue weighted by Gasteiger charge is 2.21. The molecule has 0 aliphatic heterocycles. The number of ether oxygens (including phenoxy) is 2. The second-order valence-corrected chi connectivity index (χ2v) is 6.25. The number of rotatable bonds is 5. The maximum Gasteiger partial charge on any atom is 0.278 e. The number of aryl methyl sites for hydroxylation is 1. The summed E-state index contributed by atoms with van der Waals surface area (Å²) in [5.41, 5.74) is 0.722. The van der Waals surface area contributed by atoms with Crippen molar-refractivity contribution in [3.63, 3.8) is 0 Å². The van der Waals surface area contributed by atoms with Crippen molar-refractivity contribution in [2.75, 3.05) is 19.5 Å². The fraction of sp³-hybridized carbons (Fsp3) is 0.176. The molecule has 0 aliphatic rings. The van der Waals surface area contributed by atoms with Crippen LogP contribution in [0, 0.1) is 6.92 Å². The number of hydrogen-bond acceptors (Lipinski definition) is 6. The molecule has 7 heteroatoms. The van der Waals surface area contributed by atoms with Gasteiger partial charge in [-0.25, -0.2) is 4.98 Å². The molecule has 0 bridgehead atoms. The number of nitrogens with one attached hydrogen (secondary N) is 1. The van der Waals surface area contributed by atoms with Crippen molar-refractivity contribution < 1.29 is 18.7 Å². The average Bonchev–Trinajstić information content (AvgIpc) is 3.23. The van der Waals surface area contributed by atoms with E-state index in [2.05, 4.69) is 10.3 Å². The number of aromatic nitrogens is 1. The number of carbonyl (C=O) groups excluding carboxylic acids is 1. The highest BCUT2D eigenvalue weighted by molar-refractivity contribution is 7.15. The Kier molecular flexibility index (Phi) is 4.52.